The number of esters is 2. The molecule has 1 rings (SSSR count). The number of ether oxygens (including phenoxy) is 2. The molecule has 0 saturated carbocycles. The van der Waals surface area contributed by atoms with Crippen molar-refractivity contribution in [3.63, 3.8) is 0 Å². The van der Waals surface area contributed by atoms with Crippen LogP contribution >= 0.6 is 22.6 Å². The first-order chi connectivity index (χ1) is 7.38. The van der Waals surface area contributed by atoms with Crippen molar-refractivity contribution in [2.75, 3.05) is 11.0 Å². The van der Waals surface area contributed by atoms with E-state index in [1.165, 1.54) is 0 Å². The van der Waals surface area contributed by atoms with E-state index in [-0.39, 0.29) is 5.97 Å². The smallest absolute Gasteiger partial charge is 0.350 e. The van der Waals surface area contributed by atoms with Crippen LogP contribution in [-0.4, -0.2) is 28.6 Å². The van der Waals surface area contributed by atoms with Gasteiger partial charge in [-0.05, 0) is 20.3 Å². The first-order valence-electron chi connectivity index (χ1n) is 5.34. The molecule has 1 saturated heterocycles. The molecule has 0 amide bonds. The molecule has 0 radical (unpaired) electrons. The second-order valence-corrected chi connectivity index (χ2v) is 5.40. The van der Waals surface area contributed by atoms with Crippen LogP contribution in [0.15, 0.2) is 0 Å². The zero-order chi connectivity index (χ0) is 12.4. The maximum atomic E-state index is 11.9. The lowest BCUT2D eigenvalue weighted by atomic mass is 9.94. The average Bonchev–Trinajstić information content (AvgIpc) is 2.60. The molecule has 1 aliphatic rings. The molecule has 92 valence electrons. The van der Waals surface area contributed by atoms with Gasteiger partial charge in [0, 0.05) is 10.8 Å². The van der Waals surface area contributed by atoms with Crippen LogP contribution in [0.5, 0.6) is 0 Å². The van der Waals surface area contributed by atoms with Crippen molar-refractivity contribution in [3.8, 4) is 0 Å². The quantitative estimate of drug-likeness (QED) is 0.447. The number of rotatable bonds is 4. The van der Waals surface area contributed by atoms with Crippen molar-refractivity contribution in [1.82, 2.24) is 0 Å². The van der Waals surface area contributed by atoms with Crippen LogP contribution in [0.25, 0.3) is 0 Å². The summed E-state index contributed by atoms with van der Waals surface area (Å²) in [5.41, 5.74) is -1.61. The molecule has 0 N–H and O–H groups in total. The highest BCUT2D eigenvalue weighted by atomic mass is 127. The van der Waals surface area contributed by atoms with Gasteiger partial charge in [0.1, 0.15) is 0 Å². The number of alkyl halides is 1. The largest absolute Gasteiger partial charge is 0.463 e. The van der Waals surface area contributed by atoms with Gasteiger partial charge in [0.05, 0.1) is 12.0 Å². The van der Waals surface area contributed by atoms with Gasteiger partial charge in [-0.3, -0.25) is 4.79 Å². The molecule has 1 fully saturated rings. The fourth-order valence-electron chi connectivity index (χ4n) is 1.40. The minimum atomic E-state index is -1.04. The maximum Gasteiger partial charge on any atom is 0.350 e. The molecule has 5 heteroatoms. The second-order valence-electron chi connectivity index (χ2n) is 4.64. The van der Waals surface area contributed by atoms with Crippen molar-refractivity contribution in [2.24, 2.45) is 5.41 Å². The number of halogens is 1. The van der Waals surface area contributed by atoms with E-state index in [4.69, 9.17) is 9.47 Å². The van der Waals surface area contributed by atoms with E-state index in [1.54, 1.807) is 0 Å². The van der Waals surface area contributed by atoms with Crippen LogP contribution in [0.2, 0.25) is 0 Å². The molecule has 16 heavy (non-hydrogen) atoms. The van der Waals surface area contributed by atoms with Crippen molar-refractivity contribution in [2.45, 2.75) is 39.2 Å². The highest BCUT2D eigenvalue weighted by molar-refractivity contribution is 14.1. The molecular weight excluding hydrogens is 323 g/mol. The first-order valence-corrected chi connectivity index (χ1v) is 6.87. The topological polar surface area (TPSA) is 52.6 Å². The molecule has 0 aromatic rings. The van der Waals surface area contributed by atoms with Crippen molar-refractivity contribution in [1.29, 1.82) is 0 Å². The van der Waals surface area contributed by atoms with Crippen LogP contribution in [0, 0.1) is 5.41 Å². The molecule has 0 bridgehead atoms. The maximum absolute atomic E-state index is 11.9. The third kappa shape index (κ3) is 2.49. The van der Waals surface area contributed by atoms with Gasteiger partial charge in [-0.25, -0.2) is 4.79 Å². The van der Waals surface area contributed by atoms with E-state index in [9.17, 15) is 9.59 Å². The lowest BCUT2D eigenvalue weighted by Crippen LogP contribution is -2.43. The molecule has 0 aliphatic carbocycles. The van der Waals surface area contributed by atoms with Gasteiger partial charge in [-0.2, -0.15) is 0 Å². The predicted molar refractivity (Wildman–Crippen MR) is 67.4 cm³/mol. The summed E-state index contributed by atoms with van der Waals surface area (Å²) in [6.07, 6.45) is 0.931. The van der Waals surface area contributed by atoms with Gasteiger partial charge in [0.15, 0.2) is 0 Å². The molecule has 1 atom stereocenters. The summed E-state index contributed by atoms with van der Waals surface area (Å²) in [7, 11) is 0. The molecule has 0 aromatic carbocycles. The SMILES string of the molecule is CCC1(OC(=O)C(C)(C)CI)CCOC1=O. The lowest BCUT2D eigenvalue weighted by molar-refractivity contribution is -0.179. The Hall–Kier alpha value is -0.330. The Morgan fingerprint density at radius 1 is 1.62 bits per heavy atom. The summed E-state index contributed by atoms with van der Waals surface area (Å²) in [4.78, 5) is 23.5. The van der Waals surface area contributed by atoms with Crippen LogP contribution in [0.1, 0.15) is 33.6 Å². The molecule has 4 nitrogen and oxygen atoms in total. The lowest BCUT2D eigenvalue weighted by Gasteiger charge is -2.28. The van der Waals surface area contributed by atoms with E-state index >= 15 is 0 Å². The van der Waals surface area contributed by atoms with E-state index in [0.717, 1.165) is 0 Å². The molecule has 1 heterocycles. The zero-order valence-electron chi connectivity index (χ0n) is 9.84. The molecular formula is C11H17IO4. The van der Waals surface area contributed by atoms with Gasteiger partial charge < -0.3 is 9.47 Å². The Morgan fingerprint density at radius 3 is 2.62 bits per heavy atom. The highest BCUT2D eigenvalue weighted by Gasteiger charge is 2.48. The number of carbonyl (C=O) groups is 2. The Labute approximate surface area is 109 Å². The standard InChI is InChI=1S/C11H17IO4/c1-4-11(5-6-15-9(11)14)16-8(13)10(2,3)7-12/h4-7H2,1-3H3. The number of hydrogen-bond donors (Lipinski definition) is 0. The van der Waals surface area contributed by atoms with E-state index in [1.807, 2.05) is 20.8 Å². The summed E-state index contributed by atoms with van der Waals surface area (Å²) in [5.74, 6) is -0.741. The normalized spacial score (nSPS) is 25.4. The molecule has 0 spiro atoms. The molecule has 1 aliphatic heterocycles. The van der Waals surface area contributed by atoms with Gasteiger partial charge >= 0.3 is 11.9 Å². The van der Waals surface area contributed by atoms with E-state index in [2.05, 4.69) is 22.6 Å². The fraction of sp³-hybridized carbons (Fsp3) is 0.818. The number of cyclic esters (lactones) is 1. The van der Waals surface area contributed by atoms with E-state index in [0.29, 0.717) is 23.9 Å². The van der Waals surface area contributed by atoms with Crippen LogP contribution in [0.3, 0.4) is 0 Å². The predicted octanol–water partition coefficient (Wildman–Crippen LogP) is 2.09. The first kappa shape index (κ1) is 13.7. The van der Waals surface area contributed by atoms with Gasteiger partial charge in [0.2, 0.25) is 5.60 Å². The summed E-state index contributed by atoms with van der Waals surface area (Å²) < 4.78 is 10.9. The fourth-order valence-corrected chi connectivity index (χ4v) is 1.71. The Bertz CT molecular complexity index is 300. The van der Waals surface area contributed by atoms with Crippen molar-refractivity contribution in [3.05, 3.63) is 0 Å². The van der Waals surface area contributed by atoms with Crippen LogP contribution in [-0.2, 0) is 19.1 Å². The summed E-state index contributed by atoms with van der Waals surface area (Å²) in [5, 5.41) is 0. The molecule has 0 aromatic heterocycles. The number of hydrogen-bond acceptors (Lipinski definition) is 4. The average molecular weight is 340 g/mol. The van der Waals surface area contributed by atoms with Gasteiger partial charge in [0.25, 0.3) is 0 Å². The minimum absolute atomic E-state index is 0.331. The highest BCUT2D eigenvalue weighted by Crippen LogP contribution is 2.32. The van der Waals surface area contributed by atoms with Gasteiger partial charge in [-0.1, -0.05) is 29.5 Å². The molecule has 1 unspecified atom stereocenters. The third-order valence-electron chi connectivity index (χ3n) is 2.86. The zero-order valence-corrected chi connectivity index (χ0v) is 12.0. The Morgan fingerprint density at radius 2 is 2.25 bits per heavy atom. The minimum Gasteiger partial charge on any atom is -0.463 e. The van der Waals surface area contributed by atoms with Crippen molar-refractivity contribution < 1.29 is 19.1 Å². The Balaban J connectivity index is 2.79. The summed E-state index contributed by atoms with van der Waals surface area (Å²) in [6.45, 7) is 5.79. The monoisotopic (exact) mass is 340 g/mol. The second kappa shape index (κ2) is 4.89. The third-order valence-corrected chi connectivity index (χ3v) is 4.76. The van der Waals surface area contributed by atoms with Gasteiger partial charge in [-0.15, -0.1) is 0 Å². The number of carbonyl (C=O) groups excluding carboxylic acids is 2. The van der Waals surface area contributed by atoms with E-state index < -0.39 is 17.0 Å². The summed E-state index contributed by atoms with van der Waals surface area (Å²) >= 11 is 2.14. The van der Waals surface area contributed by atoms with Crippen molar-refractivity contribution >= 4 is 34.5 Å². The van der Waals surface area contributed by atoms with Crippen LogP contribution in [0.4, 0.5) is 0 Å². The van der Waals surface area contributed by atoms with Crippen LogP contribution < -0.4 is 0 Å². The Kier molecular flexibility index (Phi) is 4.20. The summed E-state index contributed by atoms with van der Waals surface area (Å²) in [6, 6.07) is 0.